The van der Waals surface area contributed by atoms with E-state index in [2.05, 4.69) is 31.1 Å². The van der Waals surface area contributed by atoms with Crippen molar-refractivity contribution < 1.29 is 0 Å². The van der Waals surface area contributed by atoms with Gasteiger partial charge >= 0.3 is 0 Å². The Kier molecular flexibility index (Phi) is 2.24. The summed E-state index contributed by atoms with van der Waals surface area (Å²) >= 11 is 1.81. The van der Waals surface area contributed by atoms with Crippen LogP contribution < -0.4 is 5.32 Å². The van der Waals surface area contributed by atoms with Crippen LogP contribution in [0, 0.1) is 0 Å². The largest absolute Gasteiger partial charge is 0.364 e. The molecule has 0 bridgehead atoms. The molecule has 1 saturated heterocycles. The lowest BCUT2D eigenvalue weighted by Gasteiger charge is -2.12. The Labute approximate surface area is 66.5 Å². The topological polar surface area (TPSA) is 24.4 Å². The van der Waals surface area contributed by atoms with Crippen molar-refractivity contribution >= 4 is 16.9 Å². The summed E-state index contributed by atoms with van der Waals surface area (Å²) < 4.78 is 0. The maximum absolute atomic E-state index is 4.48. The Morgan fingerprint density at radius 1 is 1.50 bits per heavy atom. The molecule has 0 unspecified atom stereocenters. The summed E-state index contributed by atoms with van der Waals surface area (Å²) in [6, 6.07) is 0. The maximum Gasteiger partial charge on any atom is 0.157 e. The van der Waals surface area contributed by atoms with Crippen molar-refractivity contribution in [3.05, 3.63) is 0 Å². The predicted octanol–water partition coefficient (Wildman–Crippen LogP) is 1.48. The molecule has 0 aromatic heterocycles. The molecule has 2 nitrogen and oxygen atoms in total. The summed E-state index contributed by atoms with van der Waals surface area (Å²) in [6.45, 7) is 7.40. The van der Waals surface area contributed by atoms with Crippen molar-refractivity contribution in [3.63, 3.8) is 0 Å². The second-order valence-corrected chi connectivity index (χ2v) is 4.45. The lowest BCUT2D eigenvalue weighted by Crippen LogP contribution is -2.19. The molecule has 0 aromatic carbocycles. The van der Waals surface area contributed by atoms with E-state index in [1.165, 1.54) is 0 Å². The minimum Gasteiger partial charge on any atom is -0.364 e. The van der Waals surface area contributed by atoms with Gasteiger partial charge in [-0.2, -0.15) is 0 Å². The van der Waals surface area contributed by atoms with E-state index in [4.69, 9.17) is 0 Å². The first-order chi connectivity index (χ1) is 4.58. The second-order valence-electron chi connectivity index (χ2n) is 3.36. The van der Waals surface area contributed by atoms with Gasteiger partial charge in [0.1, 0.15) is 0 Å². The Balaban J connectivity index is 2.53. The van der Waals surface area contributed by atoms with Gasteiger partial charge in [-0.25, -0.2) is 0 Å². The molecule has 0 spiro atoms. The smallest absolute Gasteiger partial charge is 0.157 e. The monoisotopic (exact) mass is 158 g/mol. The summed E-state index contributed by atoms with van der Waals surface area (Å²) in [7, 11) is 0. The Hall–Kier alpha value is -0.180. The van der Waals surface area contributed by atoms with E-state index >= 15 is 0 Å². The number of nitrogens with one attached hydrogen (secondary N) is 1. The molecule has 1 rings (SSSR count). The fourth-order valence-corrected chi connectivity index (χ4v) is 1.67. The SMILES string of the molecule is CC(C)(C)/N=C1/NCCS1. The van der Waals surface area contributed by atoms with Gasteiger partial charge in [-0.3, -0.25) is 4.99 Å². The number of hydrogen-bond acceptors (Lipinski definition) is 2. The second kappa shape index (κ2) is 2.82. The molecule has 0 aliphatic carbocycles. The van der Waals surface area contributed by atoms with Crippen LogP contribution in [0.25, 0.3) is 0 Å². The fourth-order valence-electron chi connectivity index (χ4n) is 0.733. The van der Waals surface area contributed by atoms with Gasteiger partial charge in [0.15, 0.2) is 5.17 Å². The minimum atomic E-state index is 0.0691. The van der Waals surface area contributed by atoms with Crippen molar-refractivity contribution in [2.24, 2.45) is 4.99 Å². The first kappa shape index (κ1) is 7.92. The highest BCUT2D eigenvalue weighted by Crippen LogP contribution is 2.13. The Bertz CT molecular complexity index is 138. The highest BCUT2D eigenvalue weighted by atomic mass is 32.2. The van der Waals surface area contributed by atoms with Crippen LogP contribution in [-0.2, 0) is 0 Å². The van der Waals surface area contributed by atoms with Crippen LogP contribution in [0.2, 0.25) is 0 Å². The molecule has 1 fully saturated rings. The first-order valence-corrected chi connectivity index (χ1v) is 4.53. The molecule has 58 valence electrons. The third kappa shape index (κ3) is 2.60. The summed E-state index contributed by atoms with van der Waals surface area (Å²) in [5.74, 6) is 1.16. The average Bonchev–Trinajstić information content (AvgIpc) is 2.12. The van der Waals surface area contributed by atoms with Crippen LogP contribution in [0.1, 0.15) is 20.8 Å². The van der Waals surface area contributed by atoms with E-state index in [1.807, 2.05) is 11.8 Å². The van der Waals surface area contributed by atoms with Crippen LogP contribution in [0.3, 0.4) is 0 Å². The third-order valence-corrected chi connectivity index (χ3v) is 1.97. The molecule has 0 atom stereocenters. The van der Waals surface area contributed by atoms with Crippen LogP contribution in [0.5, 0.6) is 0 Å². The van der Waals surface area contributed by atoms with E-state index < -0.39 is 0 Å². The van der Waals surface area contributed by atoms with E-state index in [0.29, 0.717) is 0 Å². The highest BCUT2D eigenvalue weighted by Gasteiger charge is 2.13. The zero-order chi connectivity index (χ0) is 7.61. The molecule has 0 saturated carbocycles. The standard InChI is InChI=1S/C7H14N2S/c1-7(2,3)9-6-8-4-5-10-6/h4-5H2,1-3H3,(H,8,9). The van der Waals surface area contributed by atoms with Gasteiger partial charge in [-0.05, 0) is 20.8 Å². The van der Waals surface area contributed by atoms with Crippen molar-refractivity contribution in [2.75, 3.05) is 12.3 Å². The van der Waals surface area contributed by atoms with Crippen molar-refractivity contribution in [1.29, 1.82) is 0 Å². The zero-order valence-corrected chi connectivity index (χ0v) is 7.59. The van der Waals surface area contributed by atoms with E-state index in [1.54, 1.807) is 0 Å². The Morgan fingerprint density at radius 3 is 2.60 bits per heavy atom. The molecule has 0 radical (unpaired) electrons. The van der Waals surface area contributed by atoms with Gasteiger partial charge in [0, 0.05) is 12.3 Å². The van der Waals surface area contributed by atoms with E-state index in [9.17, 15) is 0 Å². The van der Waals surface area contributed by atoms with Gasteiger partial charge < -0.3 is 5.32 Å². The summed E-state index contributed by atoms with van der Waals surface area (Å²) in [5.41, 5.74) is 0.0691. The lowest BCUT2D eigenvalue weighted by molar-refractivity contribution is 0.583. The predicted molar refractivity (Wildman–Crippen MR) is 47.6 cm³/mol. The number of nitrogens with zero attached hydrogens (tertiary/aromatic N) is 1. The number of rotatable bonds is 0. The van der Waals surface area contributed by atoms with E-state index in [-0.39, 0.29) is 5.54 Å². The molecule has 1 aliphatic heterocycles. The molecule has 0 aromatic rings. The average molecular weight is 158 g/mol. The fraction of sp³-hybridized carbons (Fsp3) is 0.857. The molecular weight excluding hydrogens is 144 g/mol. The van der Waals surface area contributed by atoms with Crippen molar-refractivity contribution in [1.82, 2.24) is 5.32 Å². The Morgan fingerprint density at radius 2 is 2.20 bits per heavy atom. The third-order valence-electron chi connectivity index (χ3n) is 1.05. The number of hydrogen-bond donors (Lipinski definition) is 1. The quantitative estimate of drug-likeness (QED) is 0.577. The van der Waals surface area contributed by atoms with Crippen LogP contribution in [0.4, 0.5) is 0 Å². The first-order valence-electron chi connectivity index (χ1n) is 3.54. The minimum absolute atomic E-state index is 0.0691. The van der Waals surface area contributed by atoms with Gasteiger partial charge in [0.05, 0.1) is 5.54 Å². The molecule has 0 amide bonds. The molecule has 1 N–H and O–H groups in total. The normalized spacial score (nSPS) is 23.3. The number of aliphatic imine (C=N–C) groups is 1. The number of thioether (sulfide) groups is 1. The molecule has 1 aliphatic rings. The maximum atomic E-state index is 4.48. The number of amidine groups is 1. The van der Waals surface area contributed by atoms with E-state index in [0.717, 1.165) is 17.5 Å². The molecule has 3 heteroatoms. The van der Waals surface area contributed by atoms with Crippen molar-refractivity contribution in [2.45, 2.75) is 26.3 Å². The van der Waals surface area contributed by atoms with Crippen LogP contribution in [0.15, 0.2) is 4.99 Å². The van der Waals surface area contributed by atoms with Crippen LogP contribution in [-0.4, -0.2) is 23.0 Å². The van der Waals surface area contributed by atoms with Gasteiger partial charge in [-0.1, -0.05) is 11.8 Å². The lowest BCUT2D eigenvalue weighted by atomic mass is 10.1. The van der Waals surface area contributed by atoms with Crippen molar-refractivity contribution in [3.8, 4) is 0 Å². The summed E-state index contributed by atoms with van der Waals surface area (Å²) in [5, 5.41) is 4.33. The highest BCUT2D eigenvalue weighted by molar-refractivity contribution is 8.14. The molecule has 1 heterocycles. The summed E-state index contributed by atoms with van der Waals surface area (Å²) in [6.07, 6.45) is 0. The van der Waals surface area contributed by atoms with Crippen LogP contribution >= 0.6 is 11.8 Å². The molecular formula is C7H14N2S. The van der Waals surface area contributed by atoms with Gasteiger partial charge in [0.25, 0.3) is 0 Å². The zero-order valence-electron chi connectivity index (χ0n) is 6.77. The van der Waals surface area contributed by atoms with Gasteiger partial charge in [0.2, 0.25) is 0 Å². The molecule has 10 heavy (non-hydrogen) atoms. The van der Waals surface area contributed by atoms with Gasteiger partial charge in [-0.15, -0.1) is 0 Å². The summed E-state index contributed by atoms with van der Waals surface area (Å²) in [4.78, 5) is 4.48.